The molecule has 0 aliphatic carbocycles. The lowest BCUT2D eigenvalue weighted by atomic mass is 10.1. The van der Waals surface area contributed by atoms with E-state index < -0.39 is 27.5 Å². The largest absolute Gasteiger partial charge is 0.323 e. The van der Waals surface area contributed by atoms with Crippen LogP contribution in [0.5, 0.6) is 0 Å². The van der Waals surface area contributed by atoms with E-state index in [1.165, 1.54) is 12.1 Å². The molecular weight excluding hydrogens is 464 g/mol. The molecule has 3 rings (SSSR count). The highest BCUT2D eigenvalue weighted by atomic mass is 32.2. The molecule has 0 aliphatic heterocycles. The second-order valence-electron chi connectivity index (χ2n) is 9.26. The van der Waals surface area contributed by atoms with Gasteiger partial charge in [0.2, 0.25) is 10.0 Å². The van der Waals surface area contributed by atoms with Crippen molar-refractivity contribution in [1.29, 1.82) is 0 Å². The van der Waals surface area contributed by atoms with Crippen LogP contribution in [-0.2, 0) is 10.0 Å². The number of urea groups is 1. The zero-order valence-corrected chi connectivity index (χ0v) is 21.2. The normalized spacial score (nSPS) is 11.6. The second kappa shape index (κ2) is 10.3. The van der Waals surface area contributed by atoms with Gasteiger partial charge < -0.3 is 16.0 Å². The van der Waals surface area contributed by atoms with Crippen molar-refractivity contribution in [1.82, 2.24) is 4.72 Å². The van der Waals surface area contributed by atoms with Crippen LogP contribution in [0.4, 0.5) is 21.9 Å². The molecule has 4 N–H and O–H groups in total. The lowest BCUT2D eigenvalue weighted by molar-refractivity contribution is 0.102. The van der Waals surface area contributed by atoms with Crippen molar-refractivity contribution in [3.8, 4) is 0 Å². The third-order valence-corrected chi connectivity index (χ3v) is 6.74. The van der Waals surface area contributed by atoms with Gasteiger partial charge in [-0.2, -0.15) is 0 Å². The van der Waals surface area contributed by atoms with Crippen molar-refractivity contribution in [2.24, 2.45) is 0 Å². The van der Waals surface area contributed by atoms with Crippen LogP contribution in [0.15, 0.2) is 71.6 Å². The number of anilines is 3. The summed E-state index contributed by atoms with van der Waals surface area (Å²) in [5.41, 5.74) is 2.62. The van der Waals surface area contributed by atoms with Crippen LogP contribution in [0.25, 0.3) is 0 Å². The summed E-state index contributed by atoms with van der Waals surface area (Å²) in [6.45, 7) is 8.80. The Morgan fingerprint density at radius 2 is 1.37 bits per heavy atom. The highest BCUT2D eigenvalue weighted by Gasteiger charge is 2.23. The average Bonchev–Trinajstić information content (AvgIpc) is 2.75. The van der Waals surface area contributed by atoms with Crippen LogP contribution in [0.1, 0.15) is 42.3 Å². The van der Waals surface area contributed by atoms with Crippen LogP contribution in [0, 0.1) is 13.8 Å². The maximum atomic E-state index is 13.1. The number of nitrogens with one attached hydrogen (secondary N) is 4. The van der Waals surface area contributed by atoms with Gasteiger partial charge in [0.25, 0.3) is 5.91 Å². The van der Waals surface area contributed by atoms with Crippen LogP contribution in [0.3, 0.4) is 0 Å². The minimum absolute atomic E-state index is 0.00731. The van der Waals surface area contributed by atoms with Gasteiger partial charge in [-0.25, -0.2) is 17.9 Å². The molecule has 3 aromatic rings. The van der Waals surface area contributed by atoms with Crippen LogP contribution >= 0.6 is 0 Å². The van der Waals surface area contributed by atoms with Gasteiger partial charge in [-0.1, -0.05) is 30.3 Å². The predicted octanol–water partition coefficient (Wildman–Crippen LogP) is 5.28. The van der Waals surface area contributed by atoms with Crippen molar-refractivity contribution in [3.05, 3.63) is 83.4 Å². The quantitative estimate of drug-likeness (QED) is 0.373. The van der Waals surface area contributed by atoms with Gasteiger partial charge in [-0.15, -0.1) is 0 Å². The van der Waals surface area contributed by atoms with Crippen molar-refractivity contribution in [2.75, 3.05) is 16.0 Å². The fourth-order valence-electron chi connectivity index (χ4n) is 3.31. The summed E-state index contributed by atoms with van der Waals surface area (Å²) in [6.07, 6.45) is 0. The molecular formula is C26H30N4O4S. The van der Waals surface area contributed by atoms with E-state index in [0.717, 1.165) is 5.56 Å². The van der Waals surface area contributed by atoms with Gasteiger partial charge in [-0.3, -0.25) is 4.79 Å². The number of hydrogen-bond donors (Lipinski definition) is 4. The van der Waals surface area contributed by atoms with E-state index in [2.05, 4.69) is 20.7 Å². The fourth-order valence-corrected chi connectivity index (χ4v) is 4.76. The summed E-state index contributed by atoms with van der Waals surface area (Å²) in [7, 11) is -3.80. The SMILES string of the molecule is Cc1ccc(NC(=O)Nc2ccccc2)cc1NC(=O)c1cc(S(=O)(=O)NC(C)(C)C)ccc1C. The van der Waals surface area contributed by atoms with Gasteiger partial charge >= 0.3 is 6.03 Å². The average molecular weight is 495 g/mol. The van der Waals surface area contributed by atoms with Gasteiger partial charge in [0.05, 0.1) is 4.90 Å². The van der Waals surface area contributed by atoms with Gasteiger partial charge in [0, 0.05) is 28.2 Å². The number of carbonyl (C=O) groups excluding carboxylic acids is 2. The lowest BCUT2D eigenvalue weighted by Crippen LogP contribution is -2.40. The van der Waals surface area contributed by atoms with Gasteiger partial charge in [-0.05, 0) is 82.1 Å². The smallest absolute Gasteiger partial charge is 0.322 e. The third-order valence-electron chi connectivity index (χ3n) is 4.98. The molecule has 3 amide bonds. The van der Waals surface area contributed by atoms with Crippen molar-refractivity contribution in [3.63, 3.8) is 0 Å². The molecule has 0 saturated heterocycles. The summed E-state index contributed by atoms with van der Waals surface area (Å²) in [6, 6.07) is 18.2. The molecule has 0 spiro atoms. The van der Waals surface area contributed by atoms with Crippen molar-refractivity contribution < 1.29 is 18.0 Å². The maximum absolute atomic E-state index is 13.1. The van der Waals surface area contributed by atoms with Crippen molar-refractivity contribution in [2.45, 2.75) is 45.1 Å². The van der Waals surface area contributed by atoms with Gasteiger partial charge in [0.1, 0.15) is 0 Å². The molecule has 0 bridgehead atoms. The summed E-state index contributed by atoms with van der Waals surface area (Å²) in [5.74, 6) is -0.454. The van der Waals surface area contributed by atoms with E-state index in [-0.39, 0.29) is 10.5 Å². The van der Waals surface area contributed by atoms with Crippen LogP contribution < -0.4 is 20.7 Å². The highest BCUT2D eigenvalue weighted by Crippen LogP contribution is 2.23. The number of hydrogen-bond acceptors (Lipinski definition) is 4. The predicted molar refractivity (Wildman–Crippen MR) is 139 cm³/mol. The minimum atomic E-state index is -3.80. The molecule has 0 saturated carbocycles. The Bertz CT molecular complexity index is 1350. The molecule has 0 atom stereocenters. The molecule has 0 heterocycles. The Labute approximate surface area is 206 Å². The van der Waals surface area contributed by atoms with E-state index in [0.29, 0.717) is 22.6 Å². The van der Waals surface area contributed by atoms with E-state index in [1.807, 2.05) is 25.1 Å². The van der Waals surface area contributed by atoms with E-state index in [1.54, 1.807) is 64.1 Å². The van der Waals surface area contributed by atoms with Crippen LogP contribution in [-0.4, -0.2) is 25.9 Å². The lowest BCUT2D eigenvalue weighted by Gasteiger charge is -2.21. The number of carbonyl (C=O) groups is 2. The molecule has 0 fully saturated rings. The monoisotopic (exact) mass is 494 g/mol. The fraction of sp³-hybridized carbons (Fsp3) is 0.231. The summed E-state index contributed by atoms with van der Waals surface area (Å²) in [5, 5.41) is 8.31. The minimum Gasteiger partial charge on any atom is -0.322 e. The topological polar surface area (TPSA) is 116 Å². The second-order valence-corrected chi connectivity index (χ2v) is 10.9. The first-order chi connectivity index (χ1) is 16.3. The standard InChI is InChI=1S/C26H30N4O4S/c1-17-12-14-21(35(33,34)30-26(3,4)5)16-22(17)24(31)29-23-15-20(13-11-18(23)2)28-25(32)27-19-9-7-6-8-10-19/h6-16,30H,1-5H3,(H,29,31)(H2,27,28,32). The number of aryl methyl sites for hydroxylation is 2. The Balaban J connectivity index is 1.79. The molecule has 184 valence electrons. The number of rotatable bonds is 6. The molecule has 9 heteroatoms. The molecule has 0 unspecified atom stereocenters. The summed E-state index contributed by atoms with van der Waals surface area (Å²) >= 11 is 0. The molecule has 0 aromatic heterocycles. The molecule has 3 aromatic carbocycles. The molecule has 0 radical (unpaired) electrons. The zero-order chi connectivity index (χ0) is 25.8. The number of para-hydroxylation sites is 1. The zero-order valence-electron chi connectivity index (χ0n) is 20.4. The number of sulfonamides is 1. The number of benzene rings is 3. The summed E-state index contributed by atoms with van der Waals surface area (Å²) in [4.78, 5) is 25.4. The summed E-state index contributed by atoms with van der Waals surface area (Å²) < 4.78 is 28.1. The molecule has 35 heavy (non-hydrogen) atoms. The number of amides is 3. The Morgan fingerprint density at radius 1 is 0.743 bits per heavy atom. The van der Waals surface area contributed by atoms with Crippen LogP contribution in [0.2, 0.25) is 0 Å². The first kappa shape index (κ1) is 25.9. The highest BCUT2D eigenvalue weighted by molar-refractivity contribution is 7.89. The molecule has 8 nitrogen and oxygen atoms in total. The van der Waals surface area contributed by atoms with E-state index in [9.17, 15) is 18.0 Å². The maximum Gasteiger partial charge on any atom is 0.323 e. The first-order valence-electron chi connectivity index (χ1n) is 11.0. The van der Waals surface area contributed by atoms with Crippen molar-refractivity contribution >= 4 is 39.0 Å². The Morgan fingerprint density at radius 3 is 2.03 bits per heavy atom. The van der Waals surface area contributed by atoms with E-state index in [4.69, 9.17) is 0 Å². The third kappa shape index (κ3) is 7.14. The Hall–Kier alpha value is -3.69. The van der Waals surface area contributed by atoms with Gasteiger partial charge in [0.15, 0.2) is 0 Å². The molecule has 0 aliphatic rings. The first-order valence-corrected chi connectivity index (χ1v) is 12.5. The Kier molecular flexibility index (Phi) is 7.62. The van der Waals surface area contributed by atoms with E-state index >= 15 is 0 Å².